The van der Waals surface area contributed by atoms with Crippen LogP contribution in [-0.2, 0) is 68.3 Å². The zero-order valence-corrected chi connectivity index (χ0v) is 7.55. The summed E-state index contributed by atoms with van der Waals surface area (Å²) in [7, 11) is 0. The molecule has 0 atom stereocenters. The third-order valence-electron chi connectivity index (χ3n) is 0. The molecule has 0 aromatic carbocycles. The Kier molecular flexibility index (Phi) is 9840. The summed E-state index contributed by atoms with van der Waals surface area (Å²) >= 11 is 0. The van der Waals surface area contributed by atoms with Crippen molar-refractivity contribution < 1.29 is 68.3 Å². The van der Waals surface area contributed by atoms with E-state index in [1.165, 1.54) is 0 Å². The van der Waals surface area contributed by atoms with Gasteiger partial charge in [-0.2, -0.15) is 0 Å². The Morgan fingerprint density at radius 3 is 0.429 bits per heavy atom. The fourth-order valence-corrected chi connectivity index (χ4v) is 0. The van der Waals surface area contributed by atoms with Gasteiger partial charge in [-0.15, -0.1) is 0 Å². The van der Waals surface area contributed by atoms with Crippen molar-refractivity contribution in [3.05, 3.63) is 0 Å². The van der Waals surface area contributed by atoms with Gasteiger partial charge in [0.2, 0.25) is 0 Å². The first-order valence-corrected chi connectivity index (χ1v) is 0. The summed E-state index contributed by atoms with van der Waals surface area (Å²) in [5.74, 6) is 0. The van der Waals surface area contributed by atoms with Crippen molar-refractivity contribution in [3.63, 3.8) is 0 Å². The predicted molar refractivity (Wildman–Crippen MR) is 3.43 cm³/mol. The molecule has 0 bridgehead atoms. The Labute approximate surface area is 68.4 Å². The van der Waals surface area contributed by atoms with Crippen molar-refractivity contribution in [2.45, 2.75) is 0 Å². The monoisotopic (exact) mass is 312 g/mol. The first-order valence-electron chi connectivity index (χ1n) is 0. The SMILES string of the molecule is [O-2].[O-2].[O-2].[O-2].[O-2].[Ta+5].[V]. The summed E-state index contributed by atoms with van der Waals surface area (Å²) in [5, 5.41) is 0. The standard InChI is InChI=1S/5O.Ta.V/q5*-2;+5;. The molecule has 0 fully saturated rings. The van der Waals surface area contributed by atoms with Crippen LogP contribution >= 0.6 is 0 Å². The Morgan fingerprint density at radius 1 is 0.429 bits per heavy atom. The van der Waals surface area contributed by atoms with E-state index in [0.717, 1.165) is 0 Å². The molecule has 0 N–H and O–H groups in total. The molecule has 0 aromatic rings. The molecule has 0 spiro atoms. The molecule has 0 amide bonds. The van der Waals surface area contributed by atoms with Crippen LogP contribution in [0, 0.1) is 0 Å². The average molecular weight is 312 g/mol. The van der Waals surface area contributed by atoms with E-state index in [1.807, 2.05) is 0 Å². The fraction of sp³-hybridized carbons (Fsp3) is 0. The molecule has 1 radical (unpaired) electrons. The maximum absolute atomic E-state index is 0. The zero-order valence-electron chi connectivity index (χ0n) is 2.94. The number of rotatable bonds is 0. The third kappa shape index (κ3) is 148. The second kappa shape index (κ2) is 211. The van der Waals surface area contributed by atoms with E-state index in [4.69, 9.17) is 0 Å². The Bertz CT molecular complexity index is 8.04. The molecular formula is O5TaV-5. The van der Waals surface area contributed by atoms with E-state index in [9.17, 15) is 0 Å². The van der Waals surface area contributed by atoms with Crippen LogP contribution in [0.4, 0.5) is 0 Å². The maximum atomic E-state index is 0. The van der Waals surface area contributed by atoms with E-state index in [1.54, 1.807) is 0 Å². The molecule has 0 heterocycles. The molecule has 0 rings (SSSR count). The van der Waals surface area contributed by atoms with Crippen LogP contribution in [0.15, 0.2) is 0 Å². The predicted octanol–water partition coefficient (Wildman–Crippen LogP) is -0.599. The molecule has 0 unspecified atom stereocenters. The van der Waals surface area contributed by atoms with Crippen LogP contribution in [0.25, 0.3) is 0 Å². The first-order chi connectivity index (χ1) is 0. The first kappa shape index (κ1) is 326. The van der Waals surface area contributed by atoms with E-state index in [0.29, 0.717) is 0 Å². The van der Waals surface area contributed by atoms with E-state index in [-0.39, 0.29) is 68.3 Å². The molecule has 45 valence electrons. The van der Waals surface area contributed by atoms with Gasteiger partial charge in [0.25, 0.3) is 0 Å². The normalized spacial score (nSPS) is 0. The summed E-state index contributed by atoms with van der Waals surface area (Å²) in [6.07, 6.45) is 0. The molecule has 7 heteroatoms. The zero-order chi connectivity index (χ0) is 0. The second-order valence-electron chi connectivity index (χ2n) is 0. The van der Waals surface area contributed by atoms with Gasteiger partial charge in [-0.3, -0.25) is 0 Å². The van der Waals surface area contributed by atoms with E-state index < -0.39 is 0 Å². The molecular weight excluding hydrogens is 312 g/mol. The summed E-state index contributed by atoms with van der Waals surface area (Å²) in [6, 6.07) is 0. The van der Waals surface area contributed by atoms with Gasteiger partial charge < -0.3 is 27.4 Å². The molecule has 0 saturated carbocycles. The molecule has 7 heavy (non-hydrogen) atoms. The Hall–Kier alpha value is 1.12. The Balaban J connectivity index is 0. The van der Waals surface area contributed by atoms with Crippen molar-refractivity contribution in [3.8, 4) is 0 Å². The van der Waals surface area contributed by atoms with Crippen molar-refractivity contribution in [1.82, 2.24) is 0 Å². The van der Waals surface area contributed by atoms with Crippen LogP contribution in [0.3, 0.4) is 0 Å². The van der Waals surface area contributed by atoms with Crippen LogP contribution in [0.2, 0.25) is 0 Å². The molecule has 0 aliphatic carbocycles. The molecule has 0 aliphatic rings. The number of hydrogen-bond acceptors (Lipinski definition) is 0. The fourth-order valence-electron chi connectivity index (χ4n) is 0. The third-order valence-corrected chi connectivity index (χ3v) is 0. The topological polar surface area (TPSA) is 142 Å². The van der Waals surface area contributed by atoms with Crippen LogP contribution in [-0.4, -0.2) is 0 Å². The van der Waals surface area contributed by atoms with Crippen LogP contribution in [0.5, 0.6) is 0 Å². The van der Waals surface area contributed by atoms with Gasteiger partial charge in [0.1, 0.15) is 0 Å². The van der Waals surface area contributed by atoms with Crippen molar-refractivity contribution in [2.24, 2.45) is 0 Å². The van der Waals surface area contributed by atoms with Gasteiger partial charge in [0.15, 0.2) is 0 Å². The van der Waals surface area contributed by atoms with Crippen molar-refractivity contribution in [1.29, 1.82) is 0 Å². The summed E-state index contributed by atoms with van der Waals surface area (Å²) in [4.78, 5) is 0. The quantitative estimate of drug-likeness (QED) is 0.563. The minimum absolute atomic E-state index is 0. The van der Waals surface area contributed by atoms with Crippen LogP contribution < -0.4 is 0 Å². The smallest absolute Gasteiger partial charge is 2.00 e. The van der Waals surface area contributed by atoms with Gasteiger partial charge in [-0.25, -0.2) is 0 Å². The minimum Gasteiger partial charge on any atom is -2.00 e. The Morgan fingerprint density at radius 2 is 0.429 bits per heavy atom. The summed E-state index contributed by atoms with van der Waals surface area (Å²) < 4.78 is 0. The molecule has 0 aliphatic heterocycles. The van der Waals surface area contributed by atoms with Gasteiger partial charge in [-0.05, 0) is 0 Å². The van der Waals surface area contributed by atoms with Crippen molar-refractivity contribution >= 4 is 0 Å². The van der Waals surface area contributed by atoms with Crippen LogP contribution in [0.1, 0.15) is 0 Å². The average Bonchev–Trinajstić information content (AvgIpc) is 0. The van der Waals surface area contributed by atoms with Crippen molar-refractivity contribution in [2.75, 3.05) is 0 Å². The van der Waals surface area contributed by atoms with Gasteiger partial charge in [0, 0.05) is 18.6 Å². The summed E-state index contributed by atoms with van der Waals surface area (Å²) in [6.45, 7) is 0. The minimum atomic E-state index is 0. The molecule has 0 saturated heterocycles. The number of hydrogen-bond donors (Lipinski definition) is 0. The molecule has 5 nitrogen and oxygen atoms in total. The van der Waals surface area contributed by atoms with E-state index >= 15 is 0 Å². The van der Waals surface area contributed by atoms with E-state index in [2.05, 4.69) is 0 Å². The maximum Gasteiger partial charge on any atom is 5.00 e. The van der Waals surface area contributed by atoms with Gasteiger partial charge >= 0.3 is 22.4 Å². The second-order valence-corrected chi connectivity index (χ2v) is 0. The summed E-state index contributed by atoms with van der Waals surface area (Å²) in [5.41, 5.74) is 0. The largest absolute Gasteiger partial charge is 5.00 e. The van der Waals surface area contributed by atoms with Gasteiger partial charge in [-0.1, -0.05) is 0 Å². The molecule has 0 aromatic heterocycles. The van der Waals surface area contributed by atoms with Gasteiger partial charge in [0.05, 0.1) is 0 Å².